The molecule has 0 saturated carbocycles. The summed E-state index contributed by atoms with van der Waals surface area (Å²) in [6.07, 6.45) is 0. The van der Waals surface area contributed by atoms with Crippen molar-refractivity contribution in [2.24, 2.45) is 0 Å². The fraction of sp³-hybridized carbons (Fsp3) is 0.421. The largest absolute Gasteiger partial charge is 0.455 e. The Balaban J connectivity index is 1.97. The molecule has 2 aromatic rings. The van der Waals surface area contributed by atoms with Gasteiger partial charge in [-0.05, 0) is 52.7 Å². The first-order valence-electron chi connectivity index (χ1n) is 8.26. The number of esters is 1. The highest BCUT2D eigenvalue weighted by atomic mass is 16.5. The van der Waals surface area contributed by atoms with E-state index < -0.39 is 11.9 Å². The van der Waals surface area contributed by atoms with Crippen LogP contribution in [0.3, 0.4) is 0 Å². The summed E-state index contributed by atoms with van der Waals surface area (Å²) in [5, 5.41) is 9.76. The number of benzene rings is 1. The Morgan fingerprint density at radius 3 is 2.28 bits per heavy atom. The quantitative estimate of drug-likeness (QED) is 0.816. The molecule has 1 heterocycles. The number of rotatable bonds is 5. The molecule has 6 nitrogen and oxygen atoms in total. The van der Waals surface area contributed by atoms with Crippen molar-refractivity contribution in [2.45, 2.75) is 47.5 Å². The van der Waals surface area contributed by atoms with Crippen LogP contribution in [0, 0.1) is 34.6 Å². The van der Waals surface area contributed by atoms with Gasteiger partial charge in [0.05, 0.1) is 11.6 Å². The Bertz CT molecular complexity index is 766. The molecule has 1 atom stereocenters. The summed E-state index contributed by atoms with van der Waals surface area (Å²) in [6.45, 7) is 11.0. The molecule has 0 spiro atoms. The summed E-state index contributed by atoms with van der Waals surface area (Å²) in [5.74, 6) is -1.27. The van der Waals surface area contributed by atoms with Crippen molar-refractivity contribution in [3.05, 3.63) is 45.8 Å². The molecule has 0 aliphatic rings. The first kappa shape index (κ1) is 18.7. The third-order valence-electron chi connectivity index (χ3n) is 4.26. The van der Waals surface area contributed by atoms with Gasteiger partial charge in [-0.15, -0.1) is 0 Å². The number of aryl methyl sites for hydroxylation is 5. The number of ether oxygens (including phenoxy) is 1. The Morgan fingerprint density at radius 1 is 1.16 bits per heavy atom. The van der Waals surface area contributed by atoms with E-state index in [1.54, 1.807) is 6.92 Å². The van der Waals surface area contributed by atoms with Gasteiger partial charge in [-0.2, -0.15) is 5.10 Å². The molecule has 0 unspecified atom stereocenters. The van der Waals surface area contributed by atoms with Crippen molar-refractivity contribution in [3.8, 4) is 0 Å². The van der Waals surface area contributed by atoms with Crippen molar-refractivity contribution in [1.29, 1.82) is 0 Å². The zero-order valence-corrected chi connectivity index (χ0v) is 15.6. The van der Waals surface area contributed by atoms with E-state index in [4.69, 9.17) is 4.74 Å². The van der Waals surface area contributed by atoms with Crippen LogP contribution in [-0.4, -0.2) is 28.7 Å². The van der Waals surface area contributed by atoms with E-state index in [0.29, 0.717) is 0 Å². The summed E-state index contributed by atoms with van der Waals surface area (Å²) < 4.78 is 5.18. The van der Waals surface area contributed by atoms with Crippen LogP contribution >= 0.6 is 0 Å². The topological polar surface area (TPSA) is 84.1 Å². The molecule has 0 fully saturated rings. The predicted molar refractivity (Wildman–Crippen MR) is 96.7 cm³/mol. The Kier molecular flexibility index (Phi) is 5.62. The van der Waals surface area contributed by atoms with Crippen molar-refractivity contribution in [1.82, 2.24) is 10.2 Å². The molecule has 25 heavy (non-hydrogen) atoms. The Hall–Kier alpha value is -2.63. The maximum Gasteiger partial charge on any atom is 0.313 e. The van der Waals surface area contributed by atoms with Crippen LogP contribution in [0.5, 0.6) is 0 Å². The van der Waals surface area contributed by atoms with Crippen LogP contribution in [0.1, 0.15) is 46.5 Å². The maximum atomic E-state index is 12.2. The molecule has 0 aliphatic carbocycles. The van der Waals surface area contributed by atoms with Crippen molar-refractivity contribution in [3.63, 3.8) is 0 Å². The van der Waals surface area contributed by atoms with Crippen LogP contribution in [0.25, 0.3) is 0 Å². The van der Waals surface area contributed by atoms with E-state index in [1.807, 2.05) is 46.8 Å². The lowest BCUT2D eigenvalue weighted by Gasteiger charge is -2.14. The molecule has 6 heteroatoms. The van der Waals surface area contributed by atoms with E-state index >= 15 is 0 Å². The van der Waals surface area contributed by atoms with Gasteiger partial charge in [0.2, 0.25) is 0 Å². The second-order valence-corrected chi connectivity index (χ2v) is 6.50. The van der Waals surface area contributed by atoms with Crippen LogP contribution < -0.4 is 5.32 Å². The number of hydrogen-bond donors (Lipinski definition) is 2. The van der Waals surface area contributed by atoms with Crippen LogP contribution in [0.15, 0.2) is 12.1 Å². The Morgan fingerprint density at radius 2 is 1.76 bits per heavy atom. The van der Waals surface area contributed by atoms with E-state index in [-0.39, 0.29) is 12.5 Å². The third kappa shape index (κ3) is 4.26. The van der Waals surface area contributed by atoms with E-state index in [1.165, 1.54) is 0 Å². The fourth-order valence-corrected chi connectivity index (χ4v) is 3.13. The highest BCUT2D eigenvalue weighted by molar-refractivity contribution is 5.94. The molecular weight excluding hydrogens is 318 g/mol. The van der Waals surface area contributed by atoms with Crippen molar-refractivity contribution < 1.29 is 14.3 Å². The highest BCUT2D eigenvalue weighted by Gasteiger charge is 2.23. The minimum atomic E-state index is -0.477. The maximum absolute atomic E-state index is 12.2. The van der Waals surface area contributed by atoms with Gasteiger partial charge in [0.25, 0.3) is 5.91 Å². The second kappa shape index (κ2) is 7.51. The minimum absolute atomic E-state index is 0.314. The SMILES string of the molecule is Cc1cc(C)c(NC(=O)COC(=O)[C@@H](C)c2c(C)n[nH]c2C)c(C)c1. The summed E-state index contributed by atoms with van der Waals surface area (Å²) in [7, 11) is 0. The summed E-state index contributed by atoms with van der Waals surface area (Å²) >= 11 is 0. The number of aromatic nitrogens is 2. The van der Waals surface area contributed by atoms with Crippen molar-refractivity contribution >= 4 is 17.6 Å². The lowest BCUT2D eigenvalue weighted by molar-refractivity contribution is -0.148. The molecule has 2 rings (SSSR count). The van der Waals surface area contributed by atoms with Gasteiger partial charge in [0.1, 0.15) is 0 Å². The molecule has 2 N–H and O–H groups in total. The molecule has 0 radical (unpaired) electrons. The number of amides is 1. The van der Waals surface area contributed by atoms with Gasteiger partial charge < -0.3 is 10.1 Å². The molecule has 134 valence electrons. The Labute approximate surface area is 148 Å². The van der Waals surface area contributed by atoms with Gasteiger partial charge in [-0.1, -0.05) is 17.7 Å². The monoisotopic (exact) mass is 343 g/mol. The number of H-pyrrole nitrogens is 1. The lowest BCUT2D eigenvalue weighted by atomic mass is 9.99. The van der Waals surface area contributed by atoms with Gasteiger partial charge in [0, 0.05) is 16.9 Å². The number of carbonyl (C=O) groups is 2. The highest BCUT2D eigenvalue weighted by Crippen LogP contribution is 2.23. The van der Waals surface area contributed by atoms with Gasteiger partial charge >= 0.3 is 5.97 Å². The molecule has 0 aliphatic heterocycles. The van der Waals surface area contributed by atoms with E-state index in [2.05, 4.69) is 15.5 Å². The molecule has 1 aromatic heterocycles. The van der Waals surface area contributed by atoms with E-state index in [0.717, 1.165) is 39.3 Å². The average molecular weight is 343 g/mol. The summed E-state index contributed by atoms with van der Waals surface area (Å²) in [5.41, 5.74) is 6.27. The fourth-order valence-electron chi connectivity index (χ4n) is 3.13. The van der Waals surface area contributed by atoms with E-state index in [9.17, 15) is 9.59 Å². The molecule has 1 aromatic carbocycles. The number of anilines is 1. The number of carbonyl (C=O) groups excluding carboxylic acids is 2. The molecular formula is C19H25N3O3. The smallest absolute Gasteiger partial charge is 0.313 e. The van der Waals surface area contributed by atoms with Gasteiger partial charge in [0.15, 0.2) is 6.61 Å². The zero-order chi connectivity index (χ0) is 18.7. The van der Waals surface area contributed by atoms with Crippen LogP contribution in [0.4, 0.5) is 5.69 Å². The number of nitrogens with one attached hydrogen (secondary N) is 2. The van der Waals surface area contributed by atoms with Crippen LogP contribution in [-0.2, 0) is 14.3 Å². The normalized spacial score (nSPS) is 11.9. The third-order valence-corrected chi connectivity index (χ3v) is 4.26. The number of nitrogens with zero attached hydrogens (tertiary/aromatic N) is 1. The second-order valence-electron chi connectivity index (χ2n) is 6.50. The average Bonchev–Trinajstić information content (AvgIpc) is 2.86. The summed E-state index contributed by atoms with van der Waals surface area (Å²) in [4.78, 5) is 24.4. The van der Waals surface area contributed by atoms with Gasteiger partial charge in [-0.3, -0.25) is 14.7 Å². The molecule has 0 saturated heterocycles. The molecule has 1 amide bonds. The first-order valence-corrected chi connectivity index (χ1v) is 8.26. The first-order chi connectivity index (χ1) is 11.7. The standard InChI is InChI=1S/C19H25N3O3/c1-10-7-11(2)18(12(3)8-10)20-16(23)9-25-19(24)13(4)17-14(5)21-22-15(17)6/h7-8,13H,9H2,1-6H3,(H,20,23)(H,21,22)/t13-/m0/s1. The predicted octanol–water partition coefficient (Wildman–Crippen LogP) is 3.24. The number of hydrogen-bond acceptors (Lipinski definition) is 4. The number of aromatic amines is 1. The summed E-state index contributed by atoms with van der Waals surface area (Å²) in [6, 6.07) is 4.00. The lowest BCUT2D eigenvalue weighted by Crippen LogP contribution is -2.24. The molecule has 0 bridgehead atoms. The minimum Gasteiger partial charge on any atom is -0.455 e. The van der Waals surface area contributed by atoms with Crippen LogP contribution in [0.2, 0.25) is 0 Å². The zero-order valence-electron chi connectivity index (χ0n) is 15.6. The van der Waals surface area contributed by atoms with Crippen molar-refractivity contribution in [2.75, 3.05) is 11.9 Å². The van der Waals surface area contributed by atoms with Gasteiger partial charge in [-0.25, -0.2) is 0 Å².